The van der Waals surface area contributed by atoms with Crippen molar-refractivity contribution < 1.29 is 14.4 Å². The lowest BCUT2D eigenvalue weighted by molar-refractivity contribution is -0.140. The lowest BCUT2D eigenvalue weighted by atomic mass is 9.87. The van der Waals surface area contributed by atoms with Gasteiger partial charge in [0.1, 0.15) is 6.04 Å². The number of amides is 2. The molecule has 4 heterocycles. The van der Waals surface area contributed by atoms with E-state index < -0.39 is 17.9 Å². The molecule has 148 valence electrons. The highest BCUT2D eigenvalue weighted by molar-refractivity contribution is 7.12. The number of Topliss-reactive ketones (excluding diaryl/α,β-unsaturated/α-hetero) is 1. The van der Waals surface area contributed by atoms with Gasteiger partial charge >= 0.3 is 0 Å². The highest BCUT2D eigenvalue weighted by Gasteiger charge is 2.63. The number of rotatable bonds is 5. The van der Waals surface area contributed by atoms with Gasteiger partial charge in [0.05, 0.1) is 22.8 Å². The summed E-state index contributed by atoms with van der Waals surface area (Å²) in [4.78, 5) is 44.2. The average Bonchev–Trinajstić information content (AvgIpc) is 3.44. The van der Waals surface area contributed by atoms with Crippen LogP contribution in [0.1, 0.15) is 35.0 Å². The van der Waals surface area contributed by atoms with Gasteiger partial charge in [0.2, 0.25) is 11.8 Å². The number of hydrogen-bond acceptors (Lipinski definition) is 5. The van der Waals surface area contributed by atoms with E-state index in [4.69, 9.17) is 0 Å². The van der Waals surface area contributed by atoms with Crippen LogP contribution in [-0.2, 0) is 9.59 Å². The van der Waals surface area contributed by atoms with Crippen molar-refractivity contribution in [1.29, 1.82) is 0 Å². The Morgan fingerprint density at radius 2 is 1.86 bits per heavy atom. The van der Waals surface area contributed by atoms with E-state index in [1.165, 1.54) is 16.2 Å². The van der Waals surface area contributed by atoms with E-state index in [1.54, 1.807) is 6.07 Å². The minimum Gasteiger partial charge on any atom is -0.352 e. The Morgan fingerprint density at radius 3 is 2.62 bits per heavy atom. The van der Waals surface area contributed by atoms with Crippen molar-refractivity contribution in [2.75, 3.05) is 11.4 Å². The van der Waals surface area contributed by atoms with E-state index in [-0.39, 0.29) is 23.6 Å². The molecule has 6 heteroatoms. The number of likely N-dealkylation sites (tertiary alicyclic amines) is 1. The third-order valence-corrected chi connectivity index (χ3v) is 7.16. The fraction of sp³-hybridized carbons (Fsp3) is 0.348. The van der Waals surface area contributed by atoms with Crippen molar-refractivity contribution in [2.24, 2.45) is 11.8 Å². The van der Waals surface area contributed by atoms with Crippen LogP contribution in [-0.4, -0.2) is 41.1 Å². The molecule has 5 nitrogen and oxygen atoms in total. The number of anilines is 1. The molecule has 1 aromatic carbocycles. The summed E-state index contributed by atoms with van der Waals surface area (Å²) < 4.78 is 0. The number of hydrogen-bond donors (Lipinski definition) is 0. The number of unbranched alkanes of at least 4 members (excludes halogenated alkanes) is 1. The number of nitrogens with zero attached hydrogens (tertiary/aromatic N) is 2. The molecule has 0 aliphatic carbocycles. The number of carbonyl (C=O) groups is 3. The van der Waals surface area contributed by atoms with E-state index in [0.717, 1.165) is 24.1 Å². The summed E-state index contributed by atoms with van der Waals surface area (Å²) in [7, 11) is 0. The van der Waals surface area contributed by atoms with Crippen molar-refractivity contribution in [3.8, 4) is 0 Å². The SMILES string of the molecule is CCCCN1C(=O)C2C(C1=O)C(C(=O)c1cccs1)N1c3ccccc3C=CC21. The molecule has 4 unspecified atom stereocenters. The molecule has 3 aliphatic heterocycles. The molecule has 5 rings (SSSR count). The number of imide groups is 1. The monoisotopic (exact) mass is 406 g/mol. The summed E-state index contributed by atoms with van der Waals surface area (Å²) in [5.74, 6) is -1.52. The quantitative estimate of drug-likeness (QED) is 0.562. The fourth-order valence-electron chi connectivity index (χ4n) is 4.98. The van der Waals surface area contributed by atoms with Gasteiger partial charge in [-0.2, -0.15) is 0 Å². The number of fused-ring (bicyclic) bond motifs is 5. The van der Waals surface area contributed by atoms with Crippen LogP contribution in [0.3, 0.4) is 0 Å². The molecule has 0 bridgehead atoms. The van der Waals surface area contributed by atoms with Crippen LogP contribution in [0.15, 0.2) is 47.9 Å². The van der Waals surface area contributed by atoms with Gasteiger partial charge in [-0.15, -0.1) is 11.3 Å². The van der Waals surface area contributed by atoms with Gasteiger partial charge < -0.3 is 4.90 Å². The van der Waals surface area contributed by atoms with Crippen molar-refractivity contribution in [2.45, 2.75) is 31.8 Å². The van der Waals surface area contributed by atoms with Crippen molar-refractivity contribution in [1.82, 2.24) is 4.90 Å². The standard InChI is InChI=1S/C23H22N2O3S/c1-2-3-12-24-22(27)18-16-11-10-14-7-4-5-8-15(14)25(16)20(19(18)23(24)28)21(26)17-9-6-13-29-17/h4-11,13,16,18-20H,2-3,12H2,1H3. The Morgan fingerprint density at radius 1 is 1.07 bits per heavy atom. The maximum absolute atomic E-state index is 13.6. The van der Waals surface area contributed by atoms with Crippen LogP contribution in [0.4, 0.5) is 5.69 Å². The predicted molar refractivity (Wildman–Crippen MR) is 113 cm³/mol. The van der Waals surface area contributed by atoms with Gasteiger partial charge in [-0.1, -0.05) is 49.8 Å². The summed E-state index contributed by atoms with van der Waals surface area (Å²) in [5, 5.41) is 1.87. The van der Waals surface area contributed by atoms with Gasteiger partial charge in [-0.25, -0.2) is 0 Å². The average molecular weight is 407 g/mol. The molecule has 4 atom stereocenters. The second-order valence-corrected chi connectivity index (χ2v) is 8.78. The van der Waals surface area contributed by atoms with Crippen molar-refractivity contribution >= 4 is 40.7 Å². The van der Waals surface area contributed by atoms with Gasteiger partial charge in [0.15, 0.2) is 5.78 Å². The summed E-state index contributed by atoms with van der Waals surface area (Å²) in [5.41, 5.74) is 1.93. The molecule has 2 amide bonds. The molecule has 0 N–H and O–H groups in total. The first-order valence-corrected chi connectivity index (χ1v) is 11.0. The fourth-order valence-corrected chi connectivity index (χ4v) is 5.67. The maximum Gasteiger partial charge on any atom is 0.235 e. The Kier molecular flexibility index (Phi) is 4.39. The first kappa shape index (κ1) is 18.3. The minimum atomic E-state index is -0.655. The van der Waals surface area contributed by atoms with Gasteiger partial charge in [0, 0.05) is 12.2 Å². The molecule has 1 aromatic heterocycles. The van der Waals surface area contributed by atoms with E-state index >= 15 is 0 Å². The number of thiophene rings is 1. The molecule has 0 saturated carbocycles. The summed E-state index contributed by atoms with van der Waals surface area (Å²) >= 11 is 1.39. The Bertz CT molecular complexity index is 1010. The molecule has 29 heavy (non-hydrogen) atoms. The number of ketones is 1. The summed E-state index contributed by atoms with van der Waals surface area (Å²) in [6.07, 6.45) is 5.70. The highest BCUT2D eigenvalue weighted by atomic mass is 32.1. The van der Waals surface area contributed by atoms with Crippen molar-refractivity contribution in [3.63, 3.8) is 0 Å². The lowest BCUT2D eigenvalue weighted by Gasteiger charge is -2.36. The van der Waals surface area contributed by atoms with Gasteiger partial charge in [0.25, 0.3) is 0 Å². The van der Waals surface area contributed by atoms with E-state index in [2.05, 4.69) is 0 Å². The Hall–Kier alpha value is -2.73. The van der Waals surface area contributed by atoms with E-state index in [9.17, 15) is 14.4 Å². The van der Waals surface area contributed by atoms with Crippen LogP contribution in [0.2, 0.25) is 0 Å². The van der Waals surface area contributed by atoms with Crippen molar-refractivity contribution in [3.05, 3.63) is 58.3 Å². The molecule has 2 fully saturated rings. The number of para-hydroxylation sites is 1. The van der Waals surface area contributed by atoms with Gasteiger partial charge in [-0.3, -0.25) is 19.3 Å². The van der Waals surface area contributed by atoms with E-state index in [1.807, 2.05) is 59.7 Å². The van der Waals surface area contributed by atoms with Crippen LogP contribution < -0.4 is 4.90 Å². The number of benzene rings is 1. The maximum atomic E-state index is 13.6. The van der Waals surface area contributed by atoms with Gasteiger partial charge in [-0.05, 0) is 29.5 Å². The lowest BCUT2D eigenvalue weighted by Crippen LogP contribution is -2.48. The second-order valence-electron chi connectivity index (χ2n) is 7.84. The molecule has 0 radical (unpaired) electrons. The first-order chi connectivity index (χ1) is 14.1. The predicted octanol–water partition coefficient (Wildman–Crippen LogP) is 3.62. The highest BCUT2D eigenvalue weighted by Crippen LogP contribution is 2.49. The van der Waals surface area contributed by atoms with Crippen LogP contribution >= 0.6 is 11.3 Å². The first-order valence-electron chi connectivity index (χ1n) is 10.1. The third kappa shape index (κ3) is 2.62. The molecule has 0 spiro atoms. The van der Waals surface area contributed by atoms with Crippen LogP contribution in [0, 0.1) is 11.8 Å². The zero-order chi connectivity index (χ0) is 20.1. The summed E-state index contributed by atoms with van der Waals surface area (Å²) in [6, 6.07) is 10.6. The second kappa shape index (κ2) is 6.95. The largest absolute Gasteiger partial charge is 0.352 e. The Balaban J connectivity index is 1.62. The minimum absolute atomic E-state index is 0.0684. The summed E-state index contributed by atoms with van der Waals surface area (Å²) in [6.45, 7) is 2.48. The van der Waals surface area contributed by atoms with Crippen LogP contribution in [0.25, 0.3) is 6.08 Å². The number of carbonyl (C=O) groups excluding carboxylic acids is 3. The third-order valence-electron chi connectivity index (χ3n) is 6.27. The molecule has 2 saturated heterocycles. The topological polar surface area (TPSA) is 57.7 Å². The normalized spacial score (nSPS) is 27.2. The van der Waals surface area contributed by atoms with E-state index in [0.29, 0.717) is 11.4 Å². The molecular weight excluding hydrogens is 384 g/mol. The zero-order valence-corrected chi connectivity index (χ0v) is 17.0. The van der Waals surface area contributed by atoms with Crippen LogP contribution in [0.5, 0.6) is 0 Å². The Labute approximate surface area is 173 Å². The molecule has 3 aliphatic rings. The molecular formula is C23H22N2O3S. The smallest absolute Gasteiger partial charge is 0.235 e. The zero-order valence-electron chi connectivity index (χ0n) is 16.2. The molecule has 2 aromatic rings.